The lowest BCUT2D eigenvalue weighted by Gasteiger charge is -2.13. The van der Waals surface area contributed by atoms with E-state index in [0.29, 0.717) is 22.6 Å². The molecule has 0 N–H and O–H groups in total. The molecule has 2 aromatic carbocycles. The summed E-state index contributed by atoms with van der Waals surface area (Å²) < 4.78 is 15.9. The van der Waals surface area contributed by atoms with E-state index >= 15 is 0 Å². The van der Waals surface area contributed by atoms with Crippen molar-refractivity contribution in [3.8, 4) is 23.3 Å². The van der Waals surface area contributed by atoms with Crippen LogP contribution in [0.15, 0.2) is 47.4 Å². The van der Waals surface area contributed by atoms with E-state index in [1.165, 1.54) is 11.8 Å². The maximum Gasteiger partial charge on any atom is 0.141 e. The molecular formula is C24H25NO4S. The van der Waals surface area contributed by atoms with E-state index < -0.39 is 0 Å². The topological polar surface area (TPSA) is 68.6 Å². The minimum absolute atomic E-state index is 0.00677. The van der Waals surface area contributed by atoms with Crippen molar-refractivity contribution < 1.29 is 19.0 Å². The number of ketones is 1. The van der Waals surface area contributed by atoms with Crippen LogP contribution < -0.4 is 14.2 Å². The van der Waals surface area contributed by atoms with E-state index in [1.807, 2.05) is 30.5 Å². The van der Waals surface area contributed by atoms with Crippen molar-refractivity contribution in [2.24, 2.45) is 5.92 Å². The van der Waals surface area contributed by atoms with Gasteiger partial charge in [0.05, 0.1) is 26.9 Å². The highest BCUT2D eigenvalue weighted by Gasteiger charge is 2.43. The van der Waals surface area contributed by atoms with Crippen LogP contribution in [0.25, 0.3) is 5.57 Å². The van der Waals surface area contributed by atoms with Gasteiger partial charge in [-0.15, -0.1) is 11.8 Å². The quantitative estimate of drug-likeness (QED) is 0.524. The van der Waals surface area contributed by atoms with Gasteiger partial charge in [-0.1, -0.05) is 12.1 Å². The van der Waals surface area contributed by atoms with E-state index in [1.54, 1.807) is 39.5 Å². The maximum absolute atomic E-state index is 13.0. The summed E-state index contributed by atoms with van der Waals surface area (Å²) in [6.07, 6.45) is 2.97. The molecule has 6 heteroatoms. The highest BCUT2D eigenvalue weighted by molar-refractivity contribution is 8.02. The van der Waals surface area contributed by atoms with Crippen molar-refractivity contribution in [3.05, 3.63) is 58.5 Å². The number of nitrogens with zero attached hydrogens (tertiary/aromatic N) is 1. The molecule has 0 aliphatic heterocycles. The number of methoxy groups -OCH3 is 3. The van der Waals surface area contributed by atoms with E-state index in [4.69, 9.17) is 14.2 Å². The number of rotatable bonds is 9. The van der Waals surface area contributed by atoms with Crippen LogP contribution in [0.5, 0.6) is 17.2 Å². The minimum Gasteiger partial charge on any atom is -0.497 e. The Morgan fingerprint density at radius 2 is 1.73 bits per heavy atom. The van der Waals surface area contributed by atoms with Gasteiger partial charge in [0, 0.05) is 22.8 Å². The summed E-state index contributed by atoms with van der Waals surface area (Å²) in [6, 6.07) is 15.5. The van der Waals surface area contributed by atoms with Gasteiger partial charge < -0.3 is 14.2 Å². The second kappa shape index (κ2) is 9.73. The largest absolute Gasteiger partial charge is 0.497 e. The van der Waals surface area contributed by atoms with Crippen LogP contribution in [0.2, 0.25) is 0 Å². The average Bonchev–Trinajstić information content (AvgIpc) is 3.59. The molecule has 0 radical (unpaired) electrons. The number of thioether (sulfide) groups is 1. The number of carbonyl (C=O) groups excluding carboxylic acids is 1. The zero-order chi connectivity index (χ0) is 21.7. The Morgan fingerprint density at radius 3 is 2.30 bits per heavy atom. The lowest BCUT2D eigenvalue weighted by atomic mass is 10.0. The molecule has 30 heavy (non-hydrogen) atoms. The SMILES string of the molecule is COc1ccc([C@@H]2C[C@H]2C(=O)C/C(SC)=C(\C#N)c2cc(OC)ccc2OC)cc1. The molecule has 1 fully saturated rings. The van der Waals surface area contributed by atoms with Crippen LogP contribution >= 0.6 is 11.8 Å². The Hall–Kier alpha value is -2.91. The Balaban J connectivity index is 1.82. The number of hydrogen-bond donors (Lipinski definition) is 0. The summed E-state index contributed by atoms with van der Waals surface area (Å²) in [6.45, 7) is 0. The summed E-state index contributed by atoms with van der Waals surface area (Å²) >= 11 is 1.43. The average molecular weight is 424 g/mol. The van der Waals surface area contributed by atoms with Crippen LogP contribution in [-0.2, 0) is 4.79 Å². The first kappa shape index (κ1) is 21.8. The number of hydrogen-bond acceptors (Lipinski definition) is 6. The van der Waals surface area contributed by atoms with Gasteiger partial charge in [0.2, 0.25) is 0 Å². The zero-order valence-electron chi connectivity index (χ0n) is 17.6. The fraction of sp³-hybridized carbons (Fsp3) is 0.333. The standard InChI is InChI=1S/C24H25NO4S/c1-27-16-7-5-15(6-8-16)18-12-19(18)22(26)13-24(30-4)21(14-25)20-11-17(28-2)9-10-23(20)29-3/h5-11,18-19H,12-13H2,1-4H3/b24-21-/t18-,19+/m0/s1. The summed E-state index contributed by atoms with van der Waals surface area (Å²) in [7, 11) is 4.78. The third-order valence-corrected chi connectivity index (χ3v) is 6.24. The molecular weight excluding hydrogens is 398 g/mol. The fourth-order valence-corrected chi connectivity index (χ4v) is 4.25. The Kier molecular flexibility index (Phi) is 7.07. The predicted molar refractivity (Wildman–Crippen MR) is 119 cm³/mol. The first-order valence-corrected chi connectivity index (χ1v) is 10.8. The molecule has 1 aliphatic carbocycles. The molecule has 2 aromatic rings. The molecule has 0 aromatic heterocycles. The highest BCUT2D eigenvalue weighted by Crippen LogP contribution is 2.49. The van der Waals surface area contributed by atoms with Crippen LogP contribution in [0.3, 0.4) is 0 Å². The molecule has 0 heterocycles. The van der Waals surface area contributed by atoms with E-state index in [2.05, 4.69) is 6.07 Å². The van der Waals surface area contributed by atoms with Gasteiger partial charge in [-0.25, -0.2) is 0 Å². The lowest BCUT2D eigenvalue weighted by molar-refractivity contribution is -0.119. The van der Waals surface area contributed by atoms with E-state index in [-0.39, 0.29) is 24.0 Å². The normalized spacial score (nSPS) is 18.1. The monoisotopic (exact) mass is 423 g/mol. The first-order chi connectivity index (χ1) is 14.6. The number of nitriles is 1. The van der Waals surface area contributed by atoms with E-state index in [9.17, 15) is 10.1 Å². The van der Waals surface area contributed by atoms with E-state index in [0.717, 1.165) is 22.6 Å². The molecule has 156 valence electrons. The van der Waals surface area contributed by atoms with Crippen LogP contribution in [0.4, 0.5) is 0 Å². The van der Waals surface area contributed by atoms with Crippen molar-refractivity contribution in [3.63, 3.8) is 0 Å². The number of benzene rings is 2. The smallest absolute Gasteiger partial charge is 0.141 e. The summed E-state index contributed by atoms with van der Waals surface area (Å²) in [4.78, 5) is 13.7. The van der Waals surface area contributed by atoms with Crippen LogP contribution in [0.1, 0.15) is 29.9 Å². The van der Waals surface area contributed by atoms with Crippen LogP contribution in [-0.4, -0.2) is 33.4 Å². The third-order valence-electron chi connectivity index (χ3n) is 5.40. The van der Waals surface area contributed by atoms with Gasteiger partial charge in [-0.05, 0) is 54.5 Å². The molecule has 0 amide bonds. The van der Waals surface area contributed by atoms with Crippen molar-refractivity contribution in [1.82, 2.24) is 0 Å². The Morgan fingerprint density at radius 1 is 1.07 bits per heavy atom. The summed E-state index contributed by atoms with van der Waals surface area (Å²) in [5.74, 6) is 2.41. The number of ether oxygens (including phenoxy) is 3. The number of Topliss-reactive ketones (excluding diaryl/α,β-unsaturated/α-hetero) is 1. The second-order valence-corrected chi connectivity index (χ2v) is 7.95. The Bertz CT molecular complexity index is 991. The molecule has 0 saturated heterocycles. The molecule has 0 spiro atoms. The predicted octanol–water partition coefficient (Wildman–Crippen LogP) is 5.07. The molecule has 3 rings (SSSR count). The minimum atomic E-state index is -0.00677. The molecule has 0 bridgehead atoms. The summed E-state index contributed by atoms with van der Waals surface area (Å²) in [5, 5.41) is 9.87. The van der Waals surface area contributed by atoms with Crippen molar-refractivity contribution >= 4 is 23.1 Å². The van der Waals surface area contributed by atoms with Crippen molar-refractivity contribution in [1.29, 1.82) is 5.26 Å². The Labute approximate surface area is 181 Å². The fourth-order valence-electron chi connectivity index (χ4n) is 3.60. The zero-order valence-corrected chi connectivity index (χ0v) is 18.4. The van der Waals surface area contributed by atoms with Gasteiger partial charge in [0.1, 0.15) is 29.1 Å². The molecule has 1 aliphatic rings. The van der Waals surface area contributed by atoms with Gasteiger partial charge >= 0.3 is 0 Å². The van der Waals surface area contributed by atoms with Crippen molar-refractivity contribution in [2.75, 3.05) is 27.6 Å². The molecule has 0 unspecified atom stereocenters. The highest BCUT2D eigenvalue weighted by atomic mass is 32.2. The van der Waals surface area contributed by atoms with Crippen LogP contribution in [0, 0.1) is 17.2 Å². The van der Waals surface area contributed by atoms with Gasteiger partial charge in [-0.3, -0.25) is 4.79 Å². The maximum atomic E-state index is 13.0. The third kappa shape index (κ3) is 4.63. The lowest BCUT2D eigenvalue weighted by Crippen LogP contribution is -2.04. The first-order valence-electron chi connectivity index (χ1n) is 9.62. The van der Waals surface area contributed by atoms with Gasteiger partial charge in [-0.2, -0.15) is 5.26 Å². The number of carbonyl (C=O) groups is 1. The van der Waals surface area contributed by atoms with Crippen molar-refractivity contribution in [2.45, 2.75) is 18.8 Å². The molecule has 2 atom stereocenters. The van der Waals surface area contributed by atoms with Gasteiger partial charge in [0.25, 0.3) is 0 Å². The number of allylic oxidation sites excluding steroid dienone is 2. The van der Waals surface area contributed by atoms with Gasteiger partial charge in [0.15, 0.2) is 0 Å². The second-order valence-electron chi connectivity index (χ2n) is 7.05. The summed E-state index contributed by atoms with van der Waals surface area (Å²) in [5.41, 5.74) is 2.24. The molecule has 1 saturated carbocycles. The molecule has 5 nitrogen and oxygen atoms in total.